The largest absolute Gasteiger partial charge is 0.314 e. The molecule has 1 heteroatoms. The van der Waals surface area contributed by atoms with Crippen LogP contribution < -0.4 is 5.32 Å². The quantitative estimate of drug-likeness (QED) is 0.769. The zero-order valence-electron chi connectivity index (χ0n) is 13.0. The van der Waals surface area contributed by atoms with Crippen LogP contribution in [0.3, 0.4) is 0 Å². The van der Waals surface area contributed by atoms with E-state index >= 15 is 0 Å². The zero-order valence-corrected chi connectivity index (χ0v) is 13.0. The van der Waals surface area contributed by atoms with Crippen LogP contribution in [0.2, 0.25) is 0 Å². The van der Waals surface area contributed by atoms with E-state index in [2.05, 4.69) is 33.0 Å². The van der Waals surface area contributed by atoms with Crippen molar-refractivity contribution in [2.24, 2.45) is 23.2 Å². The maximum Gasteiger partial charge on any atom is 0.0129 e. The molecule has 2 aliphatic carbocycles. The van der Waals surface area contributed by atoms with E-state index in [1.807, 2.05) is 0 Å². The Morgan fingerprint density at radius 1 is 1.11 bits per heavy atom. The second-order valence-electron chi connectivity index (χ2n) is 7.59. The van der Waals surface area contributed by atoms with Crippen molar-refractivity contribution in [1.29, 1.82) is 0 Å². The van der Waals surface area contributed by atoms with Gasteiger partial charge in [0.2, 0.25) is 0 Å². The highest BCUT2D eigenvalue weighted by Gasteiger charge is 2.42. The molecule has 2 saturated carbocycles. The van der Waals surface area contributed by atoms with E-state index in [0.717, 1.165) is 30.3 Å². The Morgan fingerprint density at radius 3 is 2.28 bits per heavy atom. The predicted octanol–water partition coefficient (Wildman–Crippen LogP) is 4.62. The van der Waals surface area contributed by atoms with Crippen LogP contribution >= 0.6 is 0 Å². The molecule has 2 aliphatic rings. The monoisotopic (exact) mass is 251 g/mol. The van der Waals surface area contributed by atoms with Gasteiger partial charge in [0.05, 0.1) is 0 Å². The molecule has 2 rings (SSSR count). The summed E-state index contributed by atoms with van der Waals surface area (Å²) in [6.07, 6.45) is 10.2. The average Bonchev–Trinajstić information content (AvgIpc) is 2.67. The summed E-state index contributed by atoms with van der Waals surface area (Å²) in [6, 6.07) is 0.792. The Bertz CT molecular complexity index is 250. The first kappa shape index (κ1) is 14.4. The van der Waals surface area contributed by atoms with Gasteiger partial charge in [0, 0.05) is 6.04 Å². The molecule has 18 heavy (non-hydrogen) atoms. The van der Waals surface area contributed by atoms with Gasteiger partial charge in [-0.25, -0.2) is 0 Å². The van der Waals surface area contributed by atoms with Crippen LogP contribution in [0.4, 0.5) is 0 Å². The summed E-state index contributed by atoms with van der Waals surface area (Å²) in [4.78, 5) is 0. The minimum absolute atomic E-state index is 0.565. The summed E-state index contributed by atoms with van der Waals surface area (Å²) >= 11 is 0. The molecular weight excluding hydrogens is 218 g/mol. The molecule has 0 amide bonds. The Morgan fingerprint density at radius 2 is 1.78 bits per heavy atom. The van der Waals surface area contributed by atoms with E-state index in [1.54, 1.807) is 0 Å². The highest BCUT2D eigenvalue weighted by molar-refractivity contribution is 4.95. The normalized spacial score (nSPS) is 37.7. The Kier molecular flexibility index (Phi) is 4.75. The number of hydrogen-bond donors (Lipinski definition) is 1. The highest BCUT2D eigenvalue weighted by Crippen LogP contribution is 2.47. The van der Waals surface area contributed by atoms with Crippen LogP contribution in [0.15, 0.2) is 0 Å². The molecular formula is C17H33N. The summed E-state index contributed by atoms with van der Waals surface area (Å²) in [6.45, 7) is 10.8. The molecule has 0 spiro atoms. The second kappa shape index (κ2) is 5.94. The van der Waals surface area contributed by atoms with E-state index in [9.17, 15) is 0 Å². The smallest absolute Gasteiger partial charge is 0.0129 e. The van der Waals surface area contributed by atoms with Gasteiger partial charge in [-0.2, -0.15) is 0 Å². The molecule has 0 aliphatic heterocycles. The molecule has 0 bridgehead atoms. The Hall–Kier alpha value is -0.0400. The standard InChI is InChI=1S/C17H33N/c1-5-18-16(14-10-8-13(2)9-11-14)15-7-6-12-17(15,3)4/h13-16,18H,5-12H2,1-4H3. The molecule has 2 fully saturated rings. The van der Waals surface area contributed by atoms with Crippen LogP contribution in [0.5, 0.6) is 0 Å². The van der Waals surface area contributed by atoms with Crippen molar-refractivity contribution in [2.75, 3.05) is 6.54 Å². The van der Waals surface area contributed by atoms with E-state index in [-0.39, 0.29) is 0 Å². The molecule has 0 aromatic carbocycles. The third-order valence-corrected chi connectivity index (χ3v) is 5.78. The minimum Gasteiger partial charge on any atom is -0.314 e. The summed E-state index contributed by atoms with van der Waals surface area (Å²) < 4.78 is 0. The van der Waals surface area contributed by atoms with Crippen LogP contribution in [0.25, 0.3) is 0 Å². The van der Waals surface area contributed by atoms with Gasteiger partial charge in [-0.05, 0) is 55.4 Å². The van der Waals surface area contributed by atoms with Crippen molar-refractivity contribution in [3.05, 3.63) is 0 Å². The molecule has 1 N–H and O–H groups in total. The molecule has 106 valence electrons. The highest BCUT2D eigenvalue weighted by atomic mass is 14.9. The van der Waals surface area contributed by atoms with E-state index < -0.39 is 0 Å². The summed E-state index contributed by atoms with van der Waals surface area (Å²) in [5.74, 6) is 2.83. The third kappa shape index (κ3) is 3.10. The van der Waals surface area contributed by atoms with Crippen molar-refractivity contribution in [3.8, 4) is 0 Å². The van der Waals surface area contributed by atoms with Crippen molar-refractivity contribution in [3.63, 3.8) is 0 Å². The summed E-state index contributed by atoms with van der Waals surface area (Å²) in [5.41, 5.74) is 0.565. The van der Waals surface area contributed by atoms with Gasteiger partial charge in [-0.3, -0.25) is 0 Å². The average molecular weight is 251 g/mol. The maximum atomic E-state index is 3.86. The fraction of sp³-hybridized carbons (Fsp3) is 1.00. The Balaban J connectivity index is 2.03. The van der Waals surface area contributed by atoms with E-state index in [4.69, 9.17) is 0 Å². The van der Waals surface area contributed by atoms with E-state index in [0.29, 0.717) is 5.41 Å². The first-order chi connectivity index (χ1) is 8.54. The van der Waals surface area contributed by atoms with Crippen LogP contribution in [-0.2, 0) is 0 Å². The van der Waals surface area contributed by atoms with Gasteiger partial charge in [-0.15, -0.1) is 0 Å². The lowest BCUT2D eigenvalue weighted by molar-refractivity contribution is 0.122. The molecule has 0 aromatic heterocycles. The first-order valence-corrected chi connectivity index (χ1v) is 8.28. The van der Waals surface area contributed by atoms with Gasteiger partial charge >= 0.3 is 0 Å². The van der Waals surface area contributed by atoms with Gasteiger partial charge < -0.3 is 5.32 Å². The molecule has 0 heterocycles. The fourth-order valence-corrected chi connectivity index (χ4v) is 4.54. The second-order valence-corrected chi connectivity index (χ2v) is 7.59. The number of hydrogen-bond acceptors (Lipinski definition) is 1. The topological polar surface area (TPSA) is 12.0 Å². The maximum absolute atomic E-state index is 3.86. The fourth-order valence-electron chi connectivity index (χ4n) is 4.54. The van der Waals surface area contributed by atoms with Gasteiger partial charge in [0.15, 0.2) is 0 Å². The lowest BCUT2D eigenvalue weighted by Gasteiger charge is -2.41. The van der Waals surface area contributed by atoms with Gasteiger partial charge in [0.1, 0.15) is 0 Å². The Labute approximate surface area is 114 Å². The zero-order chi connectivity index (χ0) is 13.2. The third-order valence-electron chi connectivity index (χ3n) is 5.78. The molecule has 1 nitrogen and oxygen atoms in total. The van der Waals surface area contributed by atoms with Crippen LogP contribution in [-0.4, -0.2) is 12.6 Å². The van der Waals surface area contributed by atoms with Crippen LogP contribution in [0, 0.1) is 23.2 Å². The van der Waals surface area contributed by atoms with Crippen molar-refractivity contribution in [2.45, 2.75) is 78.7 Å². The van der Waals surface area contributed by atoms with Gasteiger partial charge in [0.25, 0.3) is 0 Å². The van der Waals surface area contributed by atoms with Crippen molar-refractivity contribution >= 4 is 0 Å². The summed E-state index contributed by atoms with van der Waals surface area (Å²) in [7, 11) is 0. The number of nitrogens with one attached hydrogen (secondary N) is 1. The molecule has 2 unspecified atom stereocenters. The molecule has 0 saturated heterocycles. The van der Waals surface area contributed by atoms with Crippen molar-refractivity contribution in [1.82, 2.24) is 5.32 Å². The molecule has 2 atom stereocenters. The van der Waals surface area contributed by atoms with Crippen molar-refractivity contribution < 1.29 is 0 Å². The SMILES string of the molecule is CCNC(C1CCC(C)CC1)C1CCCC1(C)C. The number of rotatable bonds is 4. The molecule has 0 aromatic rings. The van der Waals surface area contributed by atoms with Gasteiger partial charge in [-0.1, -0.05) is 47.0 Å². The predicted molar refractivity (Wildman–Crippen MR) is 79.7 cm³/mol. The lowest BCUT2D eigenvalue weighted by Crippen LogP contribution is -2.46. The van der Waals surface area contributed by atoms with Crippen LogP contribution in [0.1, 0.15) is 72.6 Å². The minimum atomic E-state index is 0.565. The first-order valence-electron chi connectivity index (χ1n) is 8.28. The lowest BCUT2D eigenvalue weighted by atomic mass is 9.69. The molecule has 0 radical (unpaired) electrons. The van der Waals surface area contributed by atoms with E-state index in [1.165, 1.54) is 44.9 Å². The summed E-state index contributed by atoms with van der Waals surface area (Å²) in [5, 5.41) is 3.86.